The second-order valence-electron chi connectivity index (χ2n) is 8.05. The third-order valence-corrected chi connectivity index (χ3v) is 6.88. The summed E-state index contributed by atoms with van der Waals surface area (Å²) in [5, 5.41) is 10.2. The van der Waals surface area contributed by atoms with E-state index in [1.54, 1.807) is 0 Å². The van der Waals surface area contributed by atoms with Crippen molar-refractivity contribution in [3.05, 3.63) is 29.5 Å². The first kappa shape index (κ1) is 15.8. The largest absolute Gasteiger partial charge is 0.465 e. The van der Waals surface area contributed by atoms with Gasteiger partial charge in [0.15, 0.2) is 29.8 Å². The summed E-state index contributed by atoms with van der Waals surface area (Å²) in [5.41, 5.74) is 0.940. The number of ketones is 1. The Morgan fingerprint density at radius 2 is 1.96 bits per heavy atom. The summed E-state index contributed by atoms with van der Waals surface area (Å²) in [6.45, 7) is 2.36. The predicted octanol–water partition coefficient (Wildman–Crippen LogP) is 1.94. The molecule has 142 valence electrons. The number of carbonyl (C=O) groups is 1. The predicted molar refractivity (Wildman–Crippen MR) is 90.1 cm³/mol. The summed E-state index contributed by atoms with van der Waals surface area (Å²) in [4.78, 5) is 12.9. The fraction of sp³-hybridized carbons (Fsp3) is 0.550. The van der Waals surface area contributed by atoms with Crippen molar-refractivity contribution >= 4 is 5.78 Å². The average Bonchev–Trinajstić information content (AvgIpc) is 3.26. The molecule has 0 bridgehead atoms. The molecule has 3 heterocycles. The number of hydrogen-bond donors (Lipinski definition) is 1. The Kier molecular flexibility index (Phi) is 3.02. The number of benzene rings is 1. The summed E-state index contributed by atoms with van der Waals surface area (Å²) in [6.07, 6.45) is 2.23. The molecule has 7 nitrogen and oxygen atoms in total. The second kappa shape index (κ2) is 5.17. The fourth-order valence-corrected chi connectivity index (χ4v) is 5.69. The van der Waals surface area contributed by atoms with E-state index in [4.69, 9.17) is 23.7 Å². The zero-order valence-electron chi connectivity index (χ0n) is 14.8. The minimum Gasteiger partial charge on any atom is -0.465 e. The average molecular weight is 372 g/mol. The van der Waals surface area contributed by atoms with Gasteiger partial charge in [0.1, 0.15) is 5.75 Å². The van der Waals surface area contributed by atoms with Crippen LogP contribution in [-0.2, 0) is 14.3 Å². The van der Waals surface area contributed by atoms with Crippen molar-refractivity contribution in [3.8, 4) is 17.2 Å². The minimum absolute atomic E-state index is 0.0116. The Bertz CT molecular complexity index is 877. The van der Waals surface area contributed by atoms with Crippen LogP contribution in [0.4, 0.5) is 0 Å². The van der Waals surface area contributed by atoms with Gasteiger partial charge in [0, 0.05) is 36.1 Å². The third-order valence-electron chi connectivity index (χ3n) is 6.88. The lowest BCUT2D eigenvalue weighted by Crippen LogP contribution is -2.60. The highest BCUT2D eigenvalue weighted by Crippen LogP contribution is 2.63. The molecule has 1 N–H and O–H groups in total. The highest BCUT2D eigenvalue weighted by atomic mass is 16.8. The molecule has 7 heteroatoms. The van der Waals surface area contributed by atoms with Crippen LogP contribution in [0, 0.1) is 23.7 Å². The van der Waals surface area contributed by atoms with Gasteiger partial charge >= 0.3 is 0 Å². The quantitative estimate of drug-likeness (QED) is 0.807. The molecule has 27 heavy (non-hydrogen) atoms. The molecule has 2 aliphatic carbocycles. The summed E-state index contributed by atoms with van der Waals surface area (Å²) < 4.78 is 29.1. The number of allylic oxidation sites excluding steroid dienone is 1. The normalized spacial score (nSPS) is 40.3. The number of hydrogen-bond acceptors (Lipinski definition) is 7. The fourth-order valence-electron chi connectivity index (χ4n) is 5.69. The smallest absolute Gasteiger partial charge is 0.276 e. The zero-order valence-corrected chi connectivity index (χ0v) is 14.8. The van der Waals surface area contributed by atoms with E-state index in [-0.39, 0.29) is 55.6 Å². The first-order valence-electron chi connectivity index (χ1n) is 9.38. The van der Waals surface area contributed by atoms with Gasteiger partial charge in [-0.25, -0.2) is 0 Å². The summed E-state index contributed by atoms with van der Waals surface area (Å²) in [5.74, 6) is 0.919. The topological polar surface area (TPSA) is 83.5 Å². The summed E-state index contributed by atoms with van der Waals surface area (Å²) in [7, 11) is 0. The molecule has 2 fully saturated rings. The van der Waals surface area contributed by atoms with Crippen LogP contribution >= 0.6 is 0 Å². The van der Waals surface area contributed by atoms with Crippen LogP contribution in [0.1, 0.15) is 24.8 Å². The number of ether oxygens (including phenoxy) is 5. The molecule has 0 radical (unpaired) electrons. The van der Waals surface area contributed by atoms with Crippen molar-refractivity contribution in [2.75, 3.05) is 20.2 Å². The van der Waals surface area contributed by atoms with Crippen LogP contribution in [0.5, 0.6) is 17.2 Å². The molecule has 1 spiro atoms. The number of carbonyl (C=O) groups excluding carboxylic acids is 1. The van der Waals surface area contributed by atoms with E-state index in [9.17, 15) is 9.90 Å². The van der Waals surface area contributed by atoms with Gasteiger partial charge < -0.3 is 24.1 Å². The van der Waals surface area contributed by atoms with E-state index in [1.165, 1.54) is 6.08 Å². The Hall–Kier alpha value is -2.25. The standard InChI is InChI=1S/C20H20O7/c1-9-2-10-13(22)4-17-20(26-8-25-17)19(10)18(12(9)6-21)11-3-15-16(24-7-23-15)5-14(11)27-20/h3-5,9-10,12,18-19,21H,2,6-8H2,1H3/t9-,10+,12+,18-,19+,20+/m0/s1. The van der Waals surface area contributed by atoms with Crippen molar-refractivity contribution in [2.45, 2.75) is 25.0 Å². The van der Waals surface area contributed by atoms with E-state index in [1.807, 2.05) is 12.1 Å². The highest BCUT2D eigenvalue weighted by Gasteiger charge is 2.66. The van der Waals surface area contributed by atoms with Gasteiger partial charge in [0.25, 0.3) is 5.79 Å². The van der Waals surface area contributed by atoms with Crippen LogP contribution in [-0.4, -0.2) is 36.9 Å². The van der Waals surface area contributed by atoms with Gasteiger partial charge in [-0.2, -0.15) is 0 Å². The second-order valence-corrected chi connectivity index (χ2v) is 8.05. The van der Waals surface area contributed by atoms with Gasteiger partial charge in [-0.3, -0.25) is 9.53 Å². The van der Waals surface area contributed by atoms with Crippen LogP contribution in [0.2, 0.25) is 0 Å². The molecule has 6 atom stereocenters. The number of aliphatic hydroxyl groups excluding tert-OH is 1. The van der Waals surface area contributed by atoms with Gasteiger partial charge in [0.2, 0.25) is 6.79 Å². The van der Waals surface area contributed by atoms with Gasteiger partial charge in [0.05, 0.1) is 5.92 Å². The SMILES string of the molecule is C[C@H]1C[C@@H]2C(=O)C=C3OCO[C@@]34Oc3cc5c(cc3[C@@H]([C@@H]1CO)[C@@H]24)OCO5. The van der Waals surface area contributed by atoms with E-state index in [0.29, 0.717) is 29.4 Å². The van der Waals surface area contributed by atoms with Crippen molar-refractivity contribution in [1.29, 1.82) is 0 Å². The van der Waals surface area contributed by atoms with E-state index in [2.05, 4.69) is 6.92 Å². The molecule has 1 aromatic rings. The first-order chi connectivity index (χ1) is 13.1. The molecular formula is C20H20O7. The number of rotatable bonds is 1. The molecule has 1 saturated heterocycles. The maximum atomic E-state index is 12.9. The monoisotopic (exact) mass is 372 g/mol. The van der Waals surface area contributed by atoms with Crippen LogP contribution in [0.25, 0.3) is 0 Å². The van der Waals surface area contributed by atoms with Gasteiger partial charge in [-0.15, -0.1) is 0 Å². The van der Waals surface area contributed by atoms with Crippen LogP contribution in [0.3, 0.4) is 0 Å². The van der Waals surface area contributed by atoms with Crippen LogP contribution in [0.15, 0.2) is 24.0 Å². The molecule has 1 saturated carbocycles. The number of fused-ring (bicyclic) bond motifs is 3. The first-order valence-corrected chi connectivity index (χ1v) is 9.38. The maximum Gasteiger partial charge on any atom is 0.276 e. The van der Waals surface area contributed by atoms with Crippen LogP contribution < -0.4 is 14.2 Å². The van der Waals surface area contributed by atoms with Gasteiger partial charge in [-0.05, 0) is 24.3 Å². The molecule has 0 unspecified atom stereocenters. The Morgan fingerprint density at radius 3 is 2.78 bits per heavy atom. The molecule has 1 aromatic carbocycles. The lowest BCUT2D eigenvalue weighted by Gasteiger charge is -2.55. The Balaban J connectivity index is 1.61. The van der Waals surface area contributed by atoms with E-state index >= 15 is 0 Å². The summed E-state index contributed by atoms with van der Waals surface area (Å²) in [6, 6.07) is 3.76. The molecule has 5 aliphatic rings. The van der Waals surface area contributed by atoms with E-state index < -0.39 is 5.79 Å². The molecule has 0 amide bonds. The number of aliphatic hydroxyl groups is 1. The zero-order chi connectivity index (χ0) is 18.3. The Labute approximate surface area is 155 Å². The van der Waals surface area contributed by atoms with Gasteiger partial charge in [-0.1, -0.05) is 6.92 Å². The minimum atomic E-state index is -1.11. The molecule has 3 aliphatic heterocycles. The van der Waals surface area contributed by atoms with E-state index in [0.717, 1.165) is 5.56 Å². The molecule has 6 rings (SSSR count). The van der Waals surface area contributed by atoms with Crippen molar-refractivity contribution < 1.29 is 33.6 Å². The van der Waals surface area contributed by atoms with Crippen molar-refractivity contribution in [3.63, 3.8) is 0 Å². The molecule has 0 aromatic heterocycles. The van der Waals surface area contributed by atoms with Crippen molar-refractivity contribution in [2.24, 2.45) is 23.7 Å². The highest BCUT2D eigenvalue weighted by molar-refractivity contribution is 5.94. The lowest BCUT2D eigenvalue weighted by molar-refractivity contribution is -0.214. The Morgan fingerprint density at radius 1 is 1.15 bits per heavy atom. The lowest BCUT2D eigenvalue weighted by atomic mass is 9.54. The summed E-state index contributed by atoms with van der Waals surface area (Å²) >= 11 is 0. The third kappa shape index (κ3) is 1.86. The van der Waals surface area contributed by atoms with Crippen molar-refractivity contribution in [1.82, 2.24) is 0 Å². The maximum absolute atomic E-state index is 12.9. The molecular weight excluding hydrogens is 352 g/mol.